The first-order chi connectivity index (χ1) is 9.35. The Morgan fingerprint density at radius 1 is 1.40 bits per heavy atom. The number of nitriles is 1. The molecule has 1 heterocycles. The normalized spacial score (nSPS) is 11.1. The molecule has 0 aliphatic heterocycles. The van der Waals surface area contributed by atoms with E-state index in [1.807, 2.05) is 6.07 Å². The number of halogens is 1. The van der Waals surface area contributed by atoms with Gasteiger partial charge in [-0.25, -0.2) is 8.42 Å². The first kappa shape index (κ1) is 14.4. The van der Waals surface area contributed by atoms with Crippen LogP contribution in [-0.2, 0) is 10.0 Å². The number of hydrogen-bond acceptors (Lipinski definition) is 4. The first-order valence-corrected chi connectivity index (χ1v) is 7.45. The van der Waals surface area contributed by atoms with Crippen LogP contribution >= 0.6 is 11.6 Å². The molecule has 20 heavy (non-hydrogen) atoms. The number of hydrogen-bond donors (Lipinski definition) is 2. The van der Waals surface area contributed by atoms with Gasteiger partial charge in [-0.1, -0.05) is 11.6 Å². The summed E-state index contributed by atoms with van der Waals surface area (Å²) in [6.45, 7) is 3.37. The summed E-state index contributed by atoms with van der Waals surface area (Å²) in [7, 11) is -3.91. The second-order valence-electron chi connectivity index (χ2n) is 4.17. The average molecular weight is 311 g/mol. The highest BCUT2D eigenvalue weighted by molar-refractivity contribution is 7.92. The van der Waals surface area contributed by atoms with Crippen molar-refractivity contribution in [3.8, 4) is 6.07 Å². The molecular formula is C12H11ClN4O2S. The van der Waals surface area contributed by atoms with Gasteiger partial charge >= 0.3 is 0 Å². The van der Waals surface area contributed by atoms with E-state index in [1.165, 1.54) is 18.2 Å². The Kier molecular flexibility index (Phi) is 3.70. The predicted octanol–water partition coefficient (Wildman–Crippen LogP) is 2.35. The number of nitrogens with zero attached hydrogens (tertiary/aromatic N) is 2. The molecule has 1 aromatic carbocycles. The Balaban J connectivity index is 2.52. The van der Waals surface area contributed by atoms with Gasteiger partial charge in [-0.05, 0) is 32.0 Å². The number of aryl methyl sites for hydroxylation is 2. The molecule has 0 amide bonds. The summed E-state index contributed by atoms with van der Waals surface area (Å²) in [6.07, 6.45) is 0. The molecular weight excluding hydrogens is 300 g/mol. The molecule has 2 N–H and O–H groups in total. The van der Waals surface area contributed by atoms with E-state index in [2.05, 4.69) is 14.9 Å². The summed E-state index contributed by atoms with van der Waals surface area (Å²) < 4.78 is 27.2. The van der Waals surface area contributed by atoms with Crippen LogP contribution in [0.2, 0.25) is 5.02 Å². The molecule has 0 unspecified atom stereocenters. The van der Waals surface area contributed by atoms with E-state index in [0.717, 1.165) is 0 Å². The van der Waals surface area contributed by atoms with Crippen LogP contribution in [0.15, 0.2) is 23.1 Å². The average Bonchev–Trinajstić information content (AvgIpc) is 2.70. The lowest BCUT2D eigenvalue weighted by Gasteiger charge is -2.09. The third-order valence-electron chi connectivity index (χ3n) is 2.72. The van der Waals surface area contributed by atoms with E-state index in [4.69, 9.17) is 16.9 Å². The maximum absolute atomic E-state index is 12.4. The van der Waals surface area contributed by atoms with Crippen molar-refractivity contribution in [3.05, 3.63) is 40.2 Å². The van der Waals surface area contributed by atoms with E-state index < -0.39 is 10.0 Å². The number of aromatic nitrogens is 2. The molecule has 0 radical (unpaired) electrons. The zero-order chi connectivity index (χ0) is 14.9. The molecule has 104 valence electrons. The largest absolute Gasteiger partial charge is 0.280 e. The highest BCUT2D eigenvalue weighted by Crippen LogP contribution is 2.25. The molecule has 0 fully saturated rings. The molecule has 0 spiro atoms. The van der Waals surface area contributed by atoms with Crippen LogP contribution < -0.4 is 4.72 Å². The zero-order valence-electron chi connectivity index (χ0n) is 10.7. The number of sulfonamides is 1. The maximum Gasteiger partial charge on any atom is 0.263 e. The van der Waals surface area contributed by atoms with E-state index in [-0.39, 0.29) is 15.5 Å². The van der Waals surface area contributed by atoms with E-state index in [9.17, 15) is 8.42 Å². The van der Waals surface area contributed by atoms with E-state index >= 15 is 0 Å². The third-order valence-corrected chi connectivity index (χ3v) is 4.34. The lowest BCUT2D eigenvalue weighted by molar-refractivity contribution is 0.601. The quantitative estimate of drug-likeness (QED) is 0.909. The molecule has 0 saturated heterocycles. The van der Waals surface area contributed by atoms with Crippen LogP contribution in [0.25, 0.3) is 0 Å². The highest BCUT2D eigenvalue weighted by atomic mass is 35.5. The maximum atomic E-state index is 12.4. The van der Waals surface area contributed by atoms with Crippen molar-refractivity contribution in [1.29, 1.82) is 5.26 Å². The molecule has 2 rings (SSSR count). The van der Waals surface area contributed by atoms with Crippen LogP contribution in [0.4, 0.5) is 5.69 Å². The molecule has 0 aliphatic rings. The van der Waals surface area contributed by atoms with Crippen molar-refractivity contribution >= 4 is 27.3 Å². The van der Waals surface area contributed by atoms with Crippen molar-refractivity contribution in [1.82, 2.24) is 10.2 Å². The van der Waals surface area contributed by atoms with Gasteiger partial charge in [-0.3, -0.25) is 9.82 Å². The number of benzene rings is 1. The number of anilines is 1. The van der Waals surface area contributed by atoms with Crippen LogP contribution in [0.5, 0.6) is 0 Å². The summed E-state index contributed by atoms with van der Waals surface area (Å²) in [5.74, 6) is 0. The summed E-state index contributed by atoms with van der Waals surface area (Å²) in [5, 5.41) is 15.8. The van der Waals surface area contributed by atoms with Gasteiger partial charge in [-0.15, -0.1) is 0 Å². The molecule has 0 bridgehead atoms. The Morgan fingerprint density at radius 2 is 2.10 bits per heavy atom. The predicted molar refractivity (Wildman–Crippen MR) is 75.0 cm³/mol. The SMILES string of the molecule is Cc1n[nH]c(C)c1NS(=O)(=O)c1cc(Cl)ccc1C#N. The van der Waals surface area contributed by atoms with Gasteiger partial charge in [0.25, 0.3) is 10.0 Å². The fourth-order valence-electron chi connectivity index (χ4n) is 1.70. The Morgan fingerprint density at radius 3 is 2.65 bits per heavy atom. The van der Waals surface area contributed by atoms with Crippen molar-refractivity contribution in [2.45, 2.75) is 18.7 Å². The minimum Gasteiger partial charge on any atom is -0.280 e. The Bertz CT molecular complexity index is 786. The topological polar surface area (TPSA) is 98.6 Å². The van der Waals surface area contributed by atoms with Crippen LogP contribution in [0, 0.1) is 25.2 Å². The summed E-state index contributed by atoms with van der Waals surface area (Å²) in [6, 6.07) is 5.91. The fraction of sp³-hybridized carbons (Fsp3) is 0.167. The smallest absolute Gasteiger partial charge is 0.263 e. The second-order valence-corrected chi connectivity index (χ2v) is 6.25. The molecule has 0 saturated carbocycles. The van der Waals surface area contributed by atoms with E-state index in [0.29, 0.717) is 17.1 Å². The first-order valence-electron chi connectivity index (χ1n) is 5.59. The van der Waals surface area contributed by atoms with Gasteiger partial charge in [0.1, 0.15) is 11.0 Å². The van der Waals surface area contributed by atoms with Crippen molar-refractivity contribution in [3.63, 3.8) is 0 Å². The molecule has 2 aromatic rings. The monoisotopic (exact) mass is 310 g/mol. The van der Waals surface area contributed by atoms with Gasteiger partial charge in [-0.2, -0.15) is 10.4 Å². The van der Waals surface area contributed by atoms with Crippen molar-refractivity contribution in [2.75, 3.05) is 4.72 Å². The van der Waals surface area contributed by atoms with Gasteiger partial charge in [0, 0.05) is 5.02 Å². The summed E-state index contributed by atoms with van der Waals surface area (Å²) in [4.78, 5) is -0.160. The summed E-state index contributed by atoms with van der Waals surface area (Å²) in [5.41, 5.74) is 1.51. The molecule has 8 heteroatoms. The highest BCUT2D eigenvalue weighted by Gasteiger charge is 2.21. The minimum atomic E-state index is -3.91. The lowest BCUT2D eigenvalue weighted by Crippen LogP contribution is -2.15. The van der Waals surface area contributed by atoms with Gasteiger partial charge in [0.2, 0.25) is 0 Å². The Hall–Kier alpha value is -2.04. The second kappa shape index (κ2) is 5.15. The number of aromatic amines is 1. The van der Waals surface area contributed by atoms with E-state index in [1.54, 1.807) is 13.8 Å². The number of H-pyrrole nitrogens is 1. The van der Waals surface area contributed by atoms with Crippen molar-refractivity contribution < 1.29 is 8.42 Å². The molecule has 0 aliphatic carbocycles. The lowest BCUT2D eigenvalue weighted by atomic mass is 10.2. The van der Waals surface area contributed by atoms with Gasteiger partial charge in [0.05, 0.1) is 22.6 Å². The molecule has 0 atom stereocenters. The standard InChI is InChI=1S/C12H11ClN4O2S/c1-7-12(8(2)16-15-7)17-20(18,19)11-5-10(13)4-3-9(11)6-14/h3-5,17H,1-2H3,(H,15,16). The van der Waals surface area contributed by atoms with Gasteiger partial charge in [0.15, 0.2) is 0 Å². The zero-order valence-corrected chi connectivity index (χ0v) is 12.3. The molecule has 6 nitrogen and oxygen atoms in total. The summed E-state index contributed by atoms with van der Waals surface area (Å²) >= 11 is 5.80. The number of nitrogens with one attached hydrogen (secondary N) is 2. The van der Waals surface area contributed by atoms with Crippen LogP contribution in [-0.4, -0.2) is 18.6 Å². The van der Waals surface area contributed by atoms with Crippen molar-refractivity contribution in [2.24, 2.45) is 0 Å². The third kappa shape index (κ3) is 2.61. The minimum absolute atomic E-state index is 0.0284. The fourth-order valence-corrected chi connectivity index (χ4v) is 3.30. The number of rotatable bonds is 3. The van der Waals surface area contributed by atoms with Gasteiger partial charge < -0.3 is 0 Å². The Labute approximate surface area is 121 Å². The molecule has 1 aromatic heterocycles. The van der Waals surface area contributed by atoms with Crippen LogP contribution in [0.3, 0.4) is 0 Å². The van der Waals surface area contributed by atoms with Crippen LogP contribution in [0.1, 0.15) is 17.0 Å².